The topological polar surface area (TPSA) is 84.5 Å². The molecule has 9 heteroatoms. The van der Waals surface area contributed by atoms with Gasteiger partial charge in [-0.1, -0.05) is 23.2 Å². The zero-order valence-electron chi connectivity index (χ0n) is 12.8. The Bertz CT molecular complexity index is 744. The number of carbonyl (C=O) groups is 1. The summed E-state index contributed by atoms with van der Waals surface area (Å²) in [6.45, 7) is 1.05. The summed E-state index contributed by atoms with van der Waals surface area (Å²) in [7, 11) is -3.78. The third kappa shape index (κ3) is 4.21. The van der Waals surface area contributed by atoms with Crippen LogP contribution >= 0.6 is 23.2 Å². The Labute approximate surface area is 150 Å². The van der Waals surface area contributed by atoms with Gasteiger partial charge in [0.2, 0.25) is 10.0 Å². The molecule has 1 aliphatic carbocycles. The lowest BCUT2D eigenvalue weighted by atomic mass is 10.2. The molecule has 1 aliphatic heterocycles. The van der Waals surface area contributed by atoms with Crippen LogP contribution in [0.15, 0.2) is 17.0 Å². The first kappa shape index (κ1) is 17.9. The van der Waals surface area contributed by atoms with Gasteiger partial charge < -0.3 is 10.1 Å². The summed E-state index contributed by atoms with van der Waals surface area (Å²) in [4.78, 5) is 12.2. The lowest BCUT2D eigenvalue weighted by Gasteiger charge is -2.13. The van der Waals surface area contributed by atoms with Crippen molar-refractivity contribution in [3.8, 4) is 0 Å². The van der Waals surface area contributed by atoms with Crippen molar-refractivity contribution in [3.63, 3.8) is 0 Å². The minimum atomic E-state index is -3.78. The highest BCUT2D eigenvalue weighted by Gasteiger charge is 2.30. The lowest BCUT2D eigenvalue weighted by Crippen LogP contribution is -2.32. The van der Waals surface area contributed by atoms with Crippen molar-refractivity contribution in [2.75, 3.05) is 13.2 Å². The van der Waals surface area contributed by atoms with Crippen LogP contribution in [0.1, 0.15) is 36.0 Å². The predicted molar refractivity (Wildman–Crippen MR) is 91.1 cm³/mol. The SMILES string of the molecule is O=C(NCC1CCCO1)c1cc(S(=O)(=O)NC2CC2)c(Cl)cc1Cl. The first-order valence-corrected chi connectivity index (χ1v) is 10.0. The fourth-order valence-corrected chi connectivity index (χ4v) is 4.66. The van der Waals surface area contributed by atoms with Gasteiger partial charge in [0, 0.05) is 19.2 Å². The molecule has 1 unspecified atom stereocenters. The summed E-state index contributed by atoms with van der Waals surface area (Å²) >= 11 is 12.1. The number of halogens is 2. The molecule has 2 N–H and O–H groups in total. The molecule has 0 bridgehead atoms. The molecule has 1 aromatic carbocycles. The molecule has 3 rings (SSSR count). The number of ether oxygens (including phenoxy) is 1. The van der Waals surface area contributed by atoms with Crippen molar-refractivity contribution < 1.29 is 17.9 Å². The number of hydrogen-bond donors (Lipinski definition) is 2. The zero-order chi connectivity index (χ0) is 17.3. The molecule has 1 saturated heterocycles. The van der Waals surface area contributed by atoms with E-state index in [4.69, 9.17) is 27.9 Å². The van der Waals surface area contributed by atoms with Crippen LogP contribution in [-0.4, -0.2) is 39.6 Å². The van der Waals surface area contributed by atoms with Gasteiger partial charge in [0.15, 0.2) is 0 Å². The largest absolute Gasteiger partial charge is 0.376 e. The van der Waals surface area contributed by atoms with Crippen LogP contribution in [0.25, 0.3) is 0 Å². The Hall–Kier alpha value is -0.860. The number of nitrogens with one attached hydrogen (secondary N) is 2. The molecule has 0 aromatic heterocycles. The van der Waals surface area contributed by atoms with Crippen LogP contribution in [0.5, 0.6) is 0 Å². The summed E-state index contributed by atoms with van der Waals surface area (Å²) in [5.74, 6) is -0.449. The van der Waals surface area contributed by atoms with E-state index in [-0.39, 0.29) is 32.7 Å². The Kier molecular flexibility index (Phi) is 5.36. The van der Waals surface area contributed by atoms with Crippen molar-refractivity contribution in [2.45, 2.75) is 42.7 Å². The van der Waals surface area contributed by atoms with E-state index in [1.807, 2.05) is 0 Å². The molecule has 6 nitrogen and oxygen atoms in total. The first-order valence-electron chi connectivity index (χ1n) is 7.78. The molecule has 0 radical (unpaired) electrons. The fraction of sp³-hybridized carbons (Fsp3) is 0.533. The maximum atomic E-state index is 12.4. The quantitative estimate of drug-likeness (QED) is 0.777. The monoisotopic (exact) mass is 392 g/mol. The number of sulfonamides is 1. The van der Waals surface area contributed by atoms with E-state index in [0.29, 0.717) is 13.2 Å². The highest BCUT2D eigenvalue weighted by atomic mass is 35.5. The van der Waals surface area contributed by atoms with Gasteiger partial charge in [0.05, 0.1) is 21.7 Å². The second-order valence-corrected chi connectivity index (χ2v) is 8.50. The van der Waals surface area contributed by atoms with Gasteiger partial charge in [-0.25, -0.2) is 13.1 Å². The van der Waals surface area contributed by atoms with Gasteiger partial charge in [-0.2, -0.15) is 0 Å². The van der Waals surface area contributed by atoms with Gasteiger partial charge in [0.1, 0.15) is 4.90 Å². The molecule has 1 saturated carbocycles. The maximum Gasteiger partial charge on any atom is 0.252 e. The molecule has 1 aromatic rings. The van der Waals surface area contributed by atoms with Gasteiger partial charge in [0.25, 0.3) is 5.91 Å². The Morgan fingerprint density at radius 1 is 1.21 bits per heavy atom. The zero-order valence-corrected chi connectivity index (χ0v) is 15.2. The predicted octanol–water partition coefficient (Wildman–Crippen LogP) is 2.34. The number of hydrogen-bond acceptors (Lipinski definition) is 4. The molecular weight excluding hydrogens is 375 g/mol. The van der Waals surface area contributed by atoms with Crippen molar-refractivity contribution in [1.29, 1.82) is 0 Å². The van der Waals surface area contributed by atoms with Gasteiger partial charge >= 0.3 is 0 Å². The highest BCUT2D eigenvalue weighted by Crippen LogP contribution is 2.30. The second kappa shape index (κ2) is 7.17. The minimum absolute atomic E-state index is 0.0103. The summed E-state index contributed by atoms with van der Waals surface area (Å²) in [6, 6.07) is 2.45. The molecule has 1 heterocycles. The van der Waals surface area contributed by atoms with Crippen molar-refractivity contribution in [1.82, 2.24) is 10.0 Å². The number of rotatable bonds is 6. The van der Waals surface area contributed by atoms with Crippen LogP contribution in [0.4, 0.5) is 0 Å². The minimum Gasteiger partial charge on any atom is -0.376 e. The number of carbonyl (C=O) groups excluding carboxylic acids is 1. The van der Waals surface area contributed by atoms with E-state index < -0.39 is 15.9 Å². The van der Waals surface area contributed by atoms with E-state index >= 15 is 0 Å². The maximum absolute atomic E-state index is 12.4. The van der Waals surface area contributed by atoms with Crippen molar-refractivity contribution >= 4 is 39.1 Å². The first-order chi connectivity index (χ1) is 11.4. The smallest absolute Gasteiger partial charge is 0.252 e. The highest BCUT2D eigenvalue weighted by molar-refractivity contribution is 7.89. The second-order valence-electron chi connectivity index (χ2n) is 6.00. The molecule has 1 atom stereocenters. The van der Waals surface area contributed by atoms with E-state index in [1.165, 1.54) is 12.1 Å². The van der Waals surface area contributed by atoms with Crippen LogP contribution in [-0.2, 0) is 14.8 Å². The van der Waals surface area contributed by atoms with E-state index in [2.05, 4.69) is 10.0 Å². The average molecular weight is 393 g/mol. The number of amides is 1. The molecule has 24 heavy (non-hydrogen) atoms. The molecule has 132 valence electrons. The Morgan fingerprint density at radius 3 is 2.58 bits per heavy atom. The Morgan fingerprint density at radius 2 is 1.96 bits per heavy atom. The third-order valence-corrected chi connectivity index (χ3v) is 6.27. The number of benzene rings is 1. The van der Waals surface area contributed by atoms with Crippen molar-refractivity contribution in [3.05, 3.63) is 27.7 Å². The van der Waals surface area contributed by atoms with Gasteiger partial charge in [-0.15, -0.1) is 0 Å². The van der Waals surface area contributed by atoms with Crippen LogP contribution in [0.2, 0.25) is 10.0 Å². The molecule has 0 spiro atoms. The standard InChI is InChI=1S/C15H18Cl2N2O4S/c16-12-7-13(17)14(24(21,22)19-9-3-4-9)6-11(12)15(20)18-8-10-2-1-5-23-10/h6-7,9-10,19H,1-5,8H2,(H,18,20). The van der Waals surface area contributed by atoms with E-state index in [0.717, 1.165) is 25.7 Å². The molecule has 1 amide bonds. The van der Waals surface area contributed by atoms with Crippen LogP contribution < -0.4 is 10.0 Å². The van der Waals surface area contributed by atoms with Crippen molar-refractivity contribution in [2.24, 2.45) is 0 Å². The van der Waals surface area contributed by atoms with Crippen LogP contribution in [0.3, 0.4) is 0 Å². The average Bonchev–Trinajstić information content (AvgIpc) is 3.15. The molecule has 2 aliphatic rings. The van der Waals surface area contributed by atoms with Gasteiger partial charge in [-0.05, 0) is 37.8 Å². The van der Waals surface area contributed by atoms with E-state index in [9.17, 15) is 13.2 Å². The Balaban J connectivity index is 1.79. The summed E-state index contributed by atoms with van der Waals surface area (Å²) in [6.07, 6.45) is 3.45. The summed E-state index contributed by atoms with van der Waals surface area (Å²) < 4.78 is 32.7. The van der Waals surface area contributed by atoms with Gasteiger partial charge in [-0.3, -0.25) is 4.79 Å². The molecular formula is C15H18Cl2N2O4S. The fourth-order valence-electron chi connectivity index (χ4n) is 2.50. The summed E-state index contributed by atoms with van der Waals surface area (Å²) in [5.41, 5.74) is 0.0789. The molecule has 2 fully saturated rings. The normalized spacial score (nSPS) is 21.0. The van der Waals surface area contributed by atoms with E-state index in [1.54, 1.807) is 0 Å². The van der Waals surface area contributed by atoms with Crippen LogP contribution in [0, 0.1) is 0 Å². The summed E-state index contributed by atoms with van der Waals surface area (Å²) in [5, 5.41) is 2.82. The lowest BCUT2D eigenvalue weighted by molar-refractivity contribution is 0.0857. The third-order valence-electron chi connectivity index (χ3n) is 3.97.